The van der Waals surface area contributed by atoms with Crippen molar-refractivity contribution in [3.8, 4) is 11.5 Å². The fourth-order valence-corrected chi connectivity index (χ4v) is 3.29. The maximum atomic E-state index is 5.78. The average molecular weight is 407 g/mol. The summed E-state index contributed by atoms with van der Waals surface area (Å²) in [5.41, 5.74) is 4.56. The van der Waals surface area contributed by atoms with Crippen molar-refractivity contribution in [2.75, 3.05) is 19.5 Å². The molecule has 0 aliphatic rings. The molecule has 0 radical (unpaired) electrons. The van der Waals surface area contributed by atoms with Gasteiger partial charge in [0.15, 0.2) is 5.11 Å². The molecule has 5 heteroatoms. The first-order valence-corrected chi connectivity index (χ1v) is 9.87. The average Bonchev–Trinajstić information content (AvgIpc) is 2.75. The summed E-state index contributed by atoms with van der Waals surface area (Å²) in [5, 5.41) is 4.02. The molecule has 0 atom stereocenters. The van der Waals surface area contributed by atoms with Crippen LogP contribution in [0.3, 0.4) is 0 Å². The number of nitrogens with one attached hydrogen (secondary N) is 1. The lowest BCUT2D eigenvalue weighted by atomic mass is 10.1. The number of rotatable bonds is 7. The molecule has 0 saturated heterocycles. The highest BCUT2D eigenvalue weighted by molar-refractivity contribution is 7.80. The summed E-state index contributed by atoms with van der Waals surface area (Å²) in [6.45, 7) is 3.53. The minimum absolute atomic E-state index is 0.664. The van der Waals surface area contributed by atoms with Gasteiger partial charge in [-0.05, 0) is 60.1 Å². The molecular weight excluding hydrogens is 380 g/mol. The molecule has 0 aliphatic carbocycles. The molecule has 0 aliphatic heterocycles. The quantitative estimate of drug-likeness (QED) is 0.531. The number of hydrogen-bond donors (Lipinski definition) is 1. The van der Waals surface area contributed by atoms with Crippen LogP contribution in [0.5, 0.6) is 11.5 Å². The second-order valence-corrected chi connectivity index (χ2v) is 7.18. The maximum Gasteiger partial charge on any atom is 0.174 e. The predicted molar refractivity (Wildman–Crippen MR) is 123 cm³/mol. The second-order valence-electron chi connectivity index (χ2n) is 6.79. The Morgan fingerprint density at radius 1 is 0.862 bits per heavy atom. The first kappa shape index (κ1) is 20.7. The van der Waals surface area contributed by atoms with Gasteiger partial charge < -0.3 is 19.7 Å². The van der Waals surface area contributed by atoms with Crippen LogP contribution in [0.25, 0.3) is 0 Å². The smallest absolute Gasteiger partial charge is 0.174 e. The highest BCUT2D eigenvalue weighted by Crippen LogP contribution is 2.20. The molecule has 150 valence electrons. The number of anilines is 1. The zero-order valence-corrected chi connectivity index (χ0v) is 17.8. The Labute approximate surface area is 178 Å². The molecule has 0 bridgehead atoms. The van der Waals surface area contributed by atoms with Gasteiger partial charge in [0, 0.05) is 24.8 Å². The van der Waals surface area contributed by atoms with E-state index in [0.29, 0.717) is 18.2 Å². The van der Waals surface area contributed by atoms with Gasteiger partial charge >= 0.3 is 0 Å². The van der Waals surface area contributed by atoms with Gasteiger partial charge in [0.05, 0.1) is 14.2 Å². The number of ether oxygens (including phenoxy) is 2. The van der Waals surface area contributed by atoms with E-state index < -0.39 is 0 Å². The fraction of sp³-hybridized carbons (Fsp3) is 0.208. The van der Waals surface area contributed by atoms with Gasteiger partial charge in [-0.1, -0.05) is 42.5 Å². The Balaban J connectivity index is 1.81. The van der Waals surface area contributed by atoms with Crippen molar-refractivity contribution in [3.63, 3.8) is 0 Å². The van der Waals surface area contributed by atoms with E-state index in [9.17, 15) is 0 Å². The molecule has 0 heterocycles. The van der Waals surface area contributed by atoms with Crippen LogP contribution in [-0.4, -0.2) is 24.2 Å². The monoisotopic (exact) mass is 406 g/mol. The van der Waals surface area contributed by atoms with Gasteiger partial charge in [-0.3, -0.25) is 0 Å². The first-order chi connectivity index (χ1) is 14.1. The van der Waals surface area contributed by atoms with Crippen LogP contribution in [0.4, 0.5) is 5.69 Å². The van der Waals surface area contributed by atoms with E-state index >= 15 is 0 Å². The van der Waals surface area contributed by atoms with Crippen molar-refractivity contribution in [3.05, 3.63) is 89.5 Å². The normalized spacial score (nSPS) is 10.3. The standard InChI is InChI=1S/C24H26N2O2S/c1-18-7-4-5-8-20(18)17-26(16-19-11-13-22(27-2)14-12-19)24(29)25-21-9-6-10-23(15-21)28-3/h4-15H,16-17H2,1-3H3,(H,25,29). The summed E-state index contributed by atoms with van der Waals surface area (Å²) in [7, 11) is 3.33. The van der Waals surface area contributed by atoms with E-state index in [4.69, 9.17) is 21.7 Å². The molecule has 4 nitrogen and oxygen atoms in total. The van der Waals surface area contributed by atoms with Crippen LogP contribution in [0.15, 0.2) is 72.8 Å². The molecule has 3 aromatic carbocycles. The van der Waals surface area contributed by atoms with Crippen molar-refractivity contribution in [2.45, 2.75) is 20.0 Å². The van der Waals surface area contributed by atoms with Crippen molar-refractivity contribution < 1.29 is 9.47 Å². The Kier molecular flexibility index (Phi) is 7.09. The van der Waals surface area contributed by atoms with Gasteiger partial charge in [0.25, 0.3) is 0 Å². The number of methoxy groups -OCH3 is 2. The van der Waals surface area contributed by atoms with Crippen LogP contribution >= 0.6 is 12.2 Å². The number of nitrogens with zero attached hydrogens (tertiary/aromatic N) is 1. The lowest BCUT2D eigenvalue weighted by Gasteiger charge is -2.27. The van der Waals surface area contributed by atoms with Crippen LogP contribution in [0.2, 0.25) is 0 Å². The van der Waals surface area contributed by atoms with Crippen molar-refractivity contribution >= 4 is 23.0 Å². The van der Waals surface area contributed by atoms with E-state index in [1.54, 1.807) is 14.2 Å². The van der Waals surface area contributed by atoms with Crippen molar-refractivity contribution in [1.82, 2.24) is 4.90 Å². The Morgan fingerprint density at radius 2 is 1.59 bits per heavy atom. The van der Waals surface area contributed by atoms with Crippen molar-refractivity contribution in [1.29, 1.82) is 0 Å². The van der Waals surface area contributed by atoms with Crippen LogP contribution in [0, 0.1) is 6.92 Å². The Bertz CT molecular complexity index is 957. The predicted octanol–water partition coefficient (Wildman–Crippen LogP) is 5.41. The number of aryl methyl sites for hydroxylation is 1. The number of hydrogen-bond acceptors (Lipinski definition) is 3. The third kappa shape index (κ3) is 5.72. The molecule has 1 N–H and O–H groups in total. The SMILES string of the molecule is COc1ccc(CN(Cc2ccccc2C)C(=S)Nc2cccc(OC)c2)cc1. The van der Waals surface area contributed by atoms with E-state index in [-0.39, 0.29) is 0 Å². The molecule has 0 fully saturated rings. The van der Waals surface area contributed by atoms with Gasteiger partial charge in [-0.25, -0.2) is 0 Å². The van der Waals surface area contributed by atoms with E-state index in [0.717, 1.165) is 22.7 Å². The molecular formula is C24H26N2O2S. The van der Waals surface area contributed by atoms with Gasteiger partial charge in [-0.15, -0.1) is 0 Å². The highest BCUT2D eigenvalue weighted by Gasteiger charge is 2.13. The van der Waals surface area contributed by atoms with E-state index in [1.165, 1.54) is 11.1 Å². The maximum absolute atomic E-state index is 5.78. The minimum atomic E-state index is 0.664. The van der Waals surface area contributed by atoms with E-state index in [1.807, 2.05) is 36.4 Å². The summed E-state index contributed by atoms with van der Waals surface area (Å²) in [6.07, 6.45) is 0. The Morgan fingerprint density at radius 3 is 2.28 bits per heavy atom. The summed E-state index contributed by atoms with van der Waals surface area (Å²) < 4.78 is 10.6. The fourth-order valence-electron chi connectivity index (χ4n) is 3.05. The van der Waals surface area contributed by atoms with Crippen LogP contribution in [0.1, 0.15) is 16.7 Å². The third-order valence-electron chi connectivity index (χ3n) is 4.76. The summed E-state index contributed by atoms with van der Waals surface area (Å²) in [4.78, 5) is 2.17. The van der Waals surface area contributed by atoms with Gasteiger partial charge in [0.1, 0.15) is 11.5 Å². The molecule has 0 saturated carbocycles. The van der Waals surface area contributed by atoms with Crippen molar-refractivity contribution in [2.24, 2.45) is 0 Å². The first-order valence-electron chi connectivity index (χ1n) is 9.46. The zero-order chi connectivity index (χ0) is 20.6. The summed E-state index contributed by atoms with van der Waals surface area (Å²) in [6, 6.07) is 24.2. The van der Waals surface area contributed by atoms with Gasteiger partial charge in [-0.2, -0.15) is 0 Å². The highest BCUT2D eigenvalue weighted by atomic mass is 32.1. The molecule has 0 unspecified atom stereocenters. The van der Waals surface area contributed by atoms with E-state index in [2.05, 4.69) is 53.5 Å². The minimum Gasteiger partial charge on any atom is -0.497 e. The lowest BCUT2D eigenvalue weighted by Crippen LogP contribution is -2.34. The second kappa shape index (κ2) is 9.94. The number of benzene rings is 3. The molecule has 0 amide bonds. The molecule has 3 aromatic rings. The molecule has 0 aromatic heterocycles. The molecule has 3 rings (SSSR count). The van der Waals surface area contributed by atoms with Crippen LogP contribution in [-0.2, 0) is 13.1 Å². The lowest BCUT2D eigenvalue weighted by molar-refractivity contribution is 0.406. The Hall–Kier alpha value is -3.05. The largest absolute Gasteiger partial charge is 0.497 e. The number of thiocarbonyl (C=S) groups is 1. The molecule has 29 heavy (non-hydrogen) atoms. The zero-order valence-electron chi connectivity index (χ0n) is 17.0. The topological polar surface area (TPSA) is 33.7 Å². The summed E-state index contributed by atoms with van der Waals surface area (Å²) in [5.74, 6) is 1.63. The molecule has 0 spiro atoms. The van der Waals surface area contributed by atoms with Gasteiger partial charge in [0.2, 0.25) is 0 Å². The third-order valence-corrected chi connectivity index (χ3v) is 5.12. The summed E-state index contributed by atoms with van der Waals surface area (Å²) >= 11 is 5.78. The van der Waals surface area contributed by atoms with Crippen LogP contribution < -0.4 is 14.8 Å².